The number of benzene rings is 6. The molecule has 0 atom stereocenters. The van der Waals surface area contributed by atoms with Crippen LogP contribution in [0.5, 0.6) is 0 Å². The lowest BCUT2D eigenvalue weighted by molar-refractivity contribution is -0.00277. The van der Waals surface area contributed by atoms with Crippen molar-refractivity contribution in [2.45, 2.75) is 38.0 Å². The average Bonchev–Trinajstić information content (AvgIpc) is 3.61. The molecule has 222 valence electrons. The minimum absolute atomic E-state index is 0.765. The van der Waals surface area contributed by atoms with E-state index >= 15 is 0 Å². The van der Waals surface area contributed by atoms with Crippen molar-refractivity contribution < 1.29 is 0 Å². The Balaban J connectivity index is 1.12. The molecular formula is C44H36N2. The first-order valence-corrected chi connectivity index (χ1v) is 17.3. The molecule has 4 aliphatic carbocycles. The van der Waals surface area contributed by atoms with Crippen molar-refractivity contribution in [3.05, 3.63) is 133 Å². The summed E-state index contributed by atoms with van der Waals surface area (Å²) in [5.74, 6) is 4.60. The Morgan fingerprint density at radius 1 is 0.413 bits per heavy atom. The van der Waals surface area contributed by atoms with Crippen molar-refractivity contribution in [1.29, 1.82) is 0 Å². The molecule has 12 rings (SSSR count). The van der Waals surface area contributed by atoms with E-state index in [0.29, 0.717) is 0 Å². The Kier molecular flexibility index (Phi) is 5.16. The maximum absolute atomic E-state index is 2.51. The van der Waals surface area contributed by atoms with Crippen molar-refractivity contribution >= 4 is 54.4 Å². The highest BCUT2D eigenvalue weighted by atomic mass is 15.0. The third-order valence-electron chi connectivity index (χ3n) is 12.2. The maximum atomic E-state index is 2.51. The minimum Gasteiger partial charge on any atom is -0.309 e. The molecule has 0 aliphatic heterocycles. The summed E-state index contributed by atoms with van der Waals surface area (Å²) in [5.41, 5.74) is 9.09. The maximum Gasteiger partial charge on any atom is 0.0548 e. The van der Waals surface area contributed by atoms with Crippen molar-refractivity contribution in [3.8, 4) is 11.4 Å². The van der Waals surface area contributed by atoms with Crippen LogP contribution < -0.4 is 0 Å². The van der Waals surface area contributed by atoms with Gasteiger partial charge in [0.2, 0.25) is 0 Å². The third kappa shape index (κ3) is 3.48. The van der Waals surface area contributed by atoms with Crippen molar-refractivity contribution in [1.82, 2.24) is 9.13 Å². The Hall–Kier alpha value is -4.82. The molecule has 4 fully saturated rings. The second kappa shape index (κ2) is 9.36. The monoisotopic (exact) mass is 592 g/mol. The molecule has 4 aliphatic rings. The van der Waals surface area contributed by atoms with Gasteiger partial charge in [-0.05, 0) is 127 Å². The fourth-order valence-electron chi connectivity index (χ4n) is 10.7. The molecule has 0 N–H and O–H groups in total. The minimum atomic E-state index is 0.765. The van der Waals surface area contributed by atoms with E-state index in [4.69, 9.17) is 0 Å². The van der Waals surface area contributed by atoms with Gasteiger partial charge < -0.3 is 9.13 Å². The summed E-state index contributed by atoms with van der Waals surface area (Å²) in [6, 6.07) is 48.0. The standard InChI is InChI=1S/C44H36N2/c1-2-8-31-26-35(18-13-29(31)7-1)46-39-12-6-4-10-37(39)44-41(46)20-19-40-43(44)36-9-3-5-11-38(36)45(40)34-16-14-30(15-17-34)42-32-22-27-21-28(24-32)25-33(42)23-27/h1-20,26-28,32-33,42H,21-25H2. The van der Waals surface area contributed by atoms with Gasteiger partial charge in [-0.25, -0.2) is 0 Å². The molecule has 8 aromatic rings. The molecule has 6 aromatic carbocycles. The molecule has 4 saturated carbocycles. The van der Waals surface area contributed by atoms with Crippen LogP contribution in [-0.4, -0.2) is 9.13 Å². The predicted octanol–water partition coefficient (Wildman–Crippen LogP) is 11.6. The van der Waals surface area contributed by atoms with Crippen LogP contribution in [0.1, 0.15) is 43.6 Å². The number of aromatic nitrogens is 2. The number of hydrogen-bond donors (Lipinski definition) is 0. The van der Waals surface area contributed by atoms with Crippen molar-refractivity contribution in [2.75, 3.05) is 0 Å². The first-order valence-electron chi connectivity index (χ1n) is 17.3. The predicted molar refractivity (Wildman–Crippen MR) is 192 cm³/mol. The highest BCUT2D eigenvalue weighted by molar-refractivity contribution is 6.28. The SMILES string of the molecule is c1ccc2cc(-n3c4ccccc4c4c5c6ccccc6n(-c6ccc(C7C8CC9CC(C8)CC7C9)cc6)c5ccc43)ccc2c1. The van der Waals surface area contributed by atoms with Gasteiger partial charge in [0.1, 0.15) is 0 Å². The van der Waals surface area contributed by atoms with Gasteiger partial charge in [-0.15, -0.1) is 0 Å². The lowest BCUT2D eigenvalue weighted by Crippen LogP contribution is -2.43. The zero-order valence-corrected chi connectivity index (χ0v) is 25.9. The van der Waals surface area contributed by atoms with E-state index in [1.807, 2.05) is 0 Å². The Bertz CT molecular complexity index is 2460. The van der Waals surface area contributed by atoms with Crippen LogP contribution >= 0.6 is 0 Å². The molecular weight excluding hydrogens is 556 g/mol. The van der Waals surface area contributed by atoms with Crippen molar-refractivity contribution in [2.24, 2.45) is 23.7 Å². The largest absolute Gasteiger partial charge is 0.309 e. The van der Waals surface area contributed by atoms with E-state index in [1.54, 1.807) is 5.56 Å². The van der Waals surface area contributed by atoms with Gasteiger partial charge in [-0.3, -0.25) is 0 Å². The first-order chi connectivity index (χ1) is 22.8. The van der Waals surface area contributed by atoms with Crippen LogP contribution in [-0.2, 0) is 0 Å². The molecule has 4 bridgehead atoms. The number of hydrogen-bond acceptors (Lipinski definition) is 0. The molecule has 2 aromatic heterocycles. The fraction of sp³-hybridized carbons (Fsp3) is 0.227. The quantitative estimate of drug-likeness (QED) is 0.193. The normalized spacial score (nSPS) is 23.9. The van der Waals surface area contributed by atoms with Crippen LogP contribution in [0.4, 0.5) is 0 Å². The Labute approximate surface area is 268 Å². The molecule has 0 spiro atoms. The summed E-state index contributed by atoms with van der Waals surface area (Å²) in [6.07, 6.45) is 7.38. The Morgan fingerprint density at radius 2 is 0.935 bits per heavy atom. The lowest BCUT2D eigenvalue weighted by Gasteiger charge is -2.54. The molecule has 2 heterocycles. The molecule has 0 saturated heterocycles. The summed E-state index contributed by atoms with van der Waals surface area (Å²) >= 11 is 0. The van der Waals surface area contributed by atoms with Crippen LogP contribution in [0.2, 0.25) is 0 Å². The van der Waals surface area contributed by atoms with E-state index in [2.05, 4.69) is 137 Å². The molecule has 2 nitrogen and oxygen atoms in total. The van der Waals surface area contributed by atoms with E-state index in [0.717, 1.165) is 29.6 Å². The smallest absolute Gasteiger partial charge is 0.0548 e. The van der Waals surface area contributed by atoms with Gasteiger partial charge in [-0.1, -0.05) is 78.9 Å². The summed E-state index contributed by atoms with van der Waals surface area (Å²) in [7, 11) is 0. The van der Waals surface area contributed by atoms with Crippen LogP contribution in [0.15, 0.2) is 127 Å². The second-order valence-corrected chi connectivity index (χ2v) is 14.6. The first kappa shape index (κ1) is 25.4. The zero-order valence-electron chi connectivity index (χ0n) is 25.9. The second-order valence-electron chi connectivity index (χ2n) is 14.6. The van der Waals surface area contributed by atoms with E-state index in [-0.39, 0.29) is 0 Å². The van der Waals surface area contributed by atoms with Gasteiger partial charge in [0.05, 0.1) is 22.1 Å². The van der Waals surface area contributed by atoms with Gasteiger partial charge in [0.15, 0.2) is 0 Å². The van der Waals surface area contributed by atoms with Crippen LogP contribution in [0.3, 0.4) is 0 Å². The van der Waals surface area contributed by atoms with Crippen LogP contribution in [0.25, 0.3) is 65.8 Å². The van der Waals surface area contributed by atoms with Gasteiger partial charge in [0.25, 0.3) is 0 Å². The summed E-state index contributed by atoms with van der Waals surface area (Å²) in [5, 5.41) is 7.83. The molecule has 2 heteroatoms. The number of nitrogens with zero attached hydrogens (tertiary/aromatic N) is 2. The molecule has 0 radical (unpaired) electrons. The lowest BCUT2D eigenvalue weighted by atomic mass is 9.51. The molecule has 0 unspecified atom stereocenters. The number of rotatable bonds is 3. The van der Waals surface area contributed by atoms with E-state index in [1.165, 1.54) is 97.9 Å². The van der Waals surface area contributed by atoms with Crippen LogP contribution in [0, 0.1) is 23.7 Å². The summed E-state index contributed by atoms with van der Waals surface area (Å²) in [4.78, 5) is 0. The van der Waals surface area contributed by atoms with E-state index in [9.17, 15) is 0 Å². The fourth-order valence-corrected chi connectivity index (χ4v) is 10.7. The highest BCUT2D eigenvalue weighted by Crippen LogP contribution is 2.59. The van der Waals surface area contributed by atoms with Gasteiger partial charge >= 0.3 is 0 Å². The van der Waals surface area contributed by atoms with Gasteiger partial charge in [-0.2, -0.15) is 0 Å². The zero-order chi connectivity index (χ0) is 29.9. The topological polar surface area (TPSA) is 9.86 Å². The molecule has 46 heavy (non-hydrogen) atoms. The Morgan fingerprint density at radius 3 is 1.57 bits per heavy atom. The van der Waals surface area contributed by atoms with Crippen molar-refractivity contribution in [3.63, 3.8) is 0 Å². The number of fused-ring (bicyclic) bond motifs is 8. The van der Waals surface area contributed by atoms with Gasteiger partial charge in [0, 0.05) is 32.9 Å². The summed E-state index contributed by atoms with van der Waals surface area (Å²) < 4.78 is 4.97. The summed E-state index contributed by atoms with van der Waals surface area (Å²) in [6.45, 7) is 0. The third-order valence-corrected chi connectivity index (χ3v) is 12.2. The molecule has 0 amide bonds. The number of para-hydroxylation sites is 2. The average molecular weight is 593 g/mol. The van der Waals surface area contributed by atoms with E-state index < -0.39 is 0 Å². The highest BCUT2D eigenvalue weighted by Gasteiger charge is 2.48.